The Morgan fingerprint density at radius 3 is 2.00 bits per heavy atom. The standard InChI is InChI=1S/C18H16FN3O4/c19-14-7-5-13(6-8-14)17(23)20-9-11-21(12-10-20)18(24)15-3-1-2-4-16(15)22(25)26/h1-8H,9-12H2. The summed E-state index contributed by atoms with van der Waals surface area (Å²) in [6.07, 6.45) is 0. The number of hydrogen-bond donors (Lipinski definition) is 0. The van der Waals surface area contributed by atoms with E-state index in [1.54, 1.807) is 11.0 Å². The molecule has 1 fully saturated rings. The van der Waals surface area contributed by atoms with Crippen LogP contribution in [0.2, 0.25) is 0 Å². The summed E-state index contributed by atoms with van der Waals surface area (Å²) in [5, 5.41) is 11.1. The predicted octanol–water partition coefficient (Wildman–Crippen LogP) is 2.33. The highest BCUT2D eigenvalue weighted by molar-refractivity contribution is 5.98. The Labute approximate surface area is 148 Å². The minimum absolute atomic E-state index is 0.0378. The Balaban J connectivity index is 1.67. The Morgan fingerprint density at radius 1 is 0.885 bits per heavy atom. The summed E-state index contributed by atoms with van der Waals surface area (Å²) >= 11 is 0. The maximum Gasteiger partial charge on any atom is 0.282 e. The molecule has 1 aliphatic heterocycles. The van der Waals surface area contributed by atoms with Gasteiger partial charge in [0.1, 0.15) is 11.4 Å². The molecule has 26 heavy (non-hydrogen) atoms. The van der Waals surface area contributed by atoms with Crippen LogP contribution in [0, 0.1) is 15.9 Å². The van der Waals surface area contributed by atoms with Crippen molar-refractivity contribution in [1.82, 2.24) is 9.80 Å². The summed E-state index contributed by atoms with van der Waals surface area (Å²) < 4.78 is 13.0. The number of halogens is 1. The van der Waals surface area contributed by atoms with Crippen molar-refractivity contribution in [3.63, 3.8) is 0 Å². The van der Waals surface area contributed by atoms with Gasteiger partial charge in [-0.3, -0.25) is 19.7 Å². The number of amides is 2. The first kappa shape index (κ1) is 17.5. The highest BCUT2D eigenvalue weighted by Crippen LogP contribution is 2.20. The van der Waals surface area contributed by atoms with E-state index in [1.165, 1.54) is 47.4 Å². The lowest BCUT2D eigenvalue weighted by molar-refractivity contribution is -0.385. The molecule has 0 unspecified atom stereocenters. The van der Waals surface area contributed by atoms with E-state index < -0.39 is 16.6 Å². The van der Waals surface area contributed by atoms with Crippen molar-refractivity contribution in [2.45, 2.75) is 0 Å². The van der Waals surface area contributed by atoms with Crippen LogP contribution < -0.4 is 0 Å². The molecule has 0 radical (unpaired) electrons. The molecule has 0 saturated carbocycles. The number of nitrogens with zero attached hydrogens (tertiary/aromatic N) is 3. The minimum atomic E-state index is -0.582. The van der Waals surface area contributed by atoms with Crippen molar-refractivity contribution < 1.29 is 18.9 Å². The van der Waals surface area contributed by atoms with Crippen molar-refractivity contribution in [2.24, 2.45) is 0 Å². The molecule has 7 nitrogen and oxygen atoms in total. The molecular formula is C18H16FN3O4. The molecule has 1 aliphatic rings. The van der Waals surface area contributed by atoms with Crippen LogP contribution in [0.1, 0.15) is 20.7 Å². The molecule has 2 amide bonds. The van der Waals surface area contributed by atoms with Gasteiger partial charge < -0.3 is 9.80 Å². The lowest BCUT2D eigenvalue weighted by Gasteiger charge is -2.34. The van der Waals surface area contributed by atoms with Gasteiger partial charge in [-0.05, 0) is 30.3 Å². The summed E-state index contributed by atoms with van der Waals surface area (Å²) in [5.74, 6) is -1.07. The topological polar surface area (TPSA) is 83.8 Å². The summed E-state index contributed by atoms with van der Waals surface area (Å²) in [6, 6.07) is 11.1. The van der Waals surface area contributed by atoms with Crippen molar-refractivity contribution in [3.05, 3.63) is 75.6 Å². The molecule has 1 saturated heterocycles. The highest BCUT2D eigenvalue weighted by Gasteiger charge is 2.28. The third kappa shape index (κ3) is 3.53. The van der Waals surface area contributed by atoms with Gasteiger partial charge in [-0.2, -0.15) is 0 Å². The quantitative estimate of drug-likeness (QED) is 0.623. The van der Waals surface area contributed by atoms with Crippen molar-refractivity contribution in [3.8, 4) is 0 Å². The van der Waals surface area contributed by atoms with Gasteiger partial charge in [0.25, 0.3) is 17.5 Å². The van der Waals surface area contributed by atoms with Crippen LogP contribution in [-0.2, 0) is 0 Å². The van der Waals surface area contributed by atoms with Gasteiger partial charge in [0.15, 0.2) is 0 Å². The lowest BCUT2D eigenvalue weighted by Crippen LogP contribution is -2.50. The van der Waals surface area contributed by atoms with Crippen LogP contribution in [0.15, 0.2) is 48.5 Å². The van der Waals surface area contributed by atoms with Crippen LogP contribution >= 0.6 is 0 Å². The van der Waals surface area contributed by atoms with Gasteiger partial charge in [0.2, 0.25) is 0 Å². The zero-order chi connectivity index (χ0) is 18.7. The van der Waals surface area contributed by atoms with E-state index in [-0.39, 0.29) is 30.2 Å². The fourth-order valence-corrected chi connectivity index (χ4v) is 2.87. The maximum atomic E-state index is 13.0. The van der Waals surface area contributed by atoms with Gasteiger partial charge in [-0.25, -0.2) is 4.39 Å². The molecule has 2 aromatic carbocycles. The molecule has 0 aromatic heterocycles. The second kappa shape index (κ2) is 7.30. The van der Waals surface area contributed by atoms with Crippen LogP contribution in [0.5, 0.6) is 0 Å². The minimum Gasteiger partial charge on any atom is -0.335 e. The van der Waals surface area contributed by atoms with Crippen molar-refractivity contribution in [2.75, 3.05) is 26.2 Å². The van der Waals surface area contributed by atoms with E-state index >= 15 is 0 Å². The summed E-state index contributed by atoms with van der Waals surface area (Å²) in [5.41, 5.74) is 0.183. The van der Waals surface area contributed by atoms with Gasteiger partial charge in [-0.15, -0.1) is 0 Å². The molecule has 0 atom stereocenters. The Bertz CT molecular complexity index is 846. The Morgan fingerprint density at radius 2 is 1.42 bits per heavy atom. The number of nitro groups is 1. The molecule has 0 aliphatic carbocycles. The van der Waals surface area contributed by atoms with Crippen LogP contribution in [-0.4, -0.2) is 52.7 Å². The van der Waals surface area contributed by atoms with Crippen LogP contribution in [0.4, 0.5) is 10.1 Å². The molecule has 0 bridgehead atoms. The predicted molar refractivity (Wildman–Crippen MR) is 91.3 cm³/mol. The molecular weight excluding hydrogens is 341 g/mol. The Hall–Kier alpha value is -3.29. The fourth-order valence-electron chi connectivity index (χ4n) is 2.87. The summed E-state index contributed by atoms with van der Waals surface area (Å²) in [4.78, 5) is 38.6. The Kier molecular flexibility index (Phi) is 4.92. The normalized spacial score (nSPS) is 14.2. The number of nitro benzene ring substituents is 1. The average molecular weight is 357 g/mol. The van der Waals surface area contributed by atoms with E-state index in [0.29, 0.717) is 18.7 Å². The molecule has 8 heteroatoms. The molecule has 0 N–H and O–H groups in total. The zero-order valence-corrected chi connectivity index (χ0v) is 13.8. The number of para-hydroxylation sites is 1. The fraction of sp³-hybridized carbons (Fsp3) is 0.222. The second-order valence-electron chi connectivity index (χ2n) is 5.87. The molecule has 3 rings (SSSR count). The van der Waals surface area contributed by atoms with E-state index in [2.05, 4.69) is 0 Å². The first-order valence-corrected chi connectivity index (χ1v) is 8.05. The molecule has 0 spiro atoms. The zero-order valence-electron chi connectivity index (χ0n) is 13.8. The second-order valence-corrected chi connectivity index (χ2v) is 5.87. The smallest absolute Gasteiger partial charge is 0.282 e. The molecule has 2 aromatic rings. The summed E-state index contributed by atoms with van der Waals surface area (Å²) in [7, 11) is 0. The summed E-state index contributed by atoms with van der Waals surface area (Å²) in [6.45, 7) is 1.17. The third-order valence-corrected chi connectivity index (χ3v) is 4.28. The van der Waals surface area contributed by atoms with Gasteiger partial charge >= 0.3 is 0 Å². The molecule has 134 valence electrons. The van der Waals surface area contributed by atoms with Crippen molar-refractivity contribution in [1.29, 1.82) is 0 Å². The number of hydrogen-bond acceptors (Lipinski definition) is 4. The first-order valence-electron chi connectivity index (χ1n) is 8.05. The average Bonchev–Trinajstić information content (AvgIpc) is 2.67. The molecule has 1 heterocycles. The number of carbonyl (C=O) groups is 2. The van der Waals surface area contributed by atoms with E-state index in [1.807, 2.05) is 0 Å². The van der Waals surface area contributed by atoms with Gasteiger partial charge in [-0.1, -0.05) is 12.1 Å². The van der Waals surface area contributed by atoms with E-state index in [4.69, 9.17) is 0 Å². The highest BCUT2D eigenvalue weighted by atomic mass is 19.1. The number of piperazine rings is 1. The van der Waals surface area contributed by atoms with E-state index in [9.17, 15) is 24.1 Å². The SMILES string of the molecule is O=C(c1ccc(F)cc1)N1CCN(C(=O)c2ccccc2[N+](=O)[O-])CC1. The van der Waals surface area contributed by atoms with Crippen molar-refractivity contribution >= 4 is 17.5 Å². The van der Waals surface area contributed by atoms with Gasteiger partial charge in [0, 0.05) is 37.8 Å². The van der Waals surface area contributed by atoms with Crippen LogP contribution in [0.25, 0.3) is 0 Å². The number of rotatable bonds is 3. The number of carbonyl (C=O) groups excluding carboxylic acids is 2. The van der Waals surface area contributed by atoms with Crippen LogP contribution in [0.3, 0.4) is 0 Å². The largest absolute Gasteiger partial charge is 0.335 e. The first-order chi connectivity index (χ1) is 12.5. The number of benzene rings is 2. The third-order valence-electron chi connectivity index (χ3n) is 4.28. The monoisotopic (exact) mass is 357 g/mol. The maximum absolute atomic E-state index is 13.0. The lowest BCUT2D eigenvalue weighted by atomic mass is 10.1. The van der Waals surface area contributed by atoms with E-state index in [0.717, 1.165) is 0 Å². The van der Waals surface area contributed by atoms with Gasteiger partial charge in [0.05, 0.1) is 4.92 Å².